The Hall–Kier alpha value is 1.05. The highest BCUT2D eigenvalue weighted by Gasteiger charge is 2.27. The average molecular weight is 208 g/mol. The van der Waals surface area contributed by atoms with E-state index in [2.05, 4.69) is 0 Å². The number of alkyl halides is 1. The molecule has 0 saturated heterocycles. The first kappa shape index (κ1) is 10.0. The quantitative estimate of drug-likeness (QED) is 0.391. The summed E-state index contributed by atoms with van der Waals surface area (Å²) in [5.74, 6) is 0.595. The first-order valence-corrected chi connectivity index (χ1v) is 7.28. The van der Waals surface area contributed by atoms with Gasteiger partial charge >= 0.3 is 6.94 Å². The summed E-state index contributed by atoms with van der Waals surface area (Å²) in [6.45, 7) is -2.34. The standard InChI is InChI=1S/C4H9Cl3OSi/c1-8-9(6,7)4-2-3-5/h2-4H2,1H3. The third-order valence-corrected chi connectivity index (χ3v) is 4.76. The minimum absolute atomic E-state index is 0.595. The van der Waals surface area contributed by atoms with Crippen molar-refractivity contribution in [3.05, 3.63) is 0 Å². The van der Waals surface area contributed by atoms with Gasteiger partial charge in [0.25, 0.3) is 0 Å². The molecule has 0 aliphatic rings. The zero-order valence-electron chi connectivity index (χ0n) is 5.16. The number of hydrogen-bond donors (Lipinski definition) is 0. The molecule has 0 saturated carbocycles. The first-order valence-electron chi connectivity index (χ1n) is 2.61. The van der Waals surface area contributed by atoms with Crippen LogP contribution < -0.4 is 0 Å². The molecule has 0 bridgehead atoms. The Kier molecular flexibility index (Phi) is 5.36. The Morgan fingerprint density at radius 3 is 2.33 bits per heavy atom. The largest absolute Gasteiger partial charge is 0.396 e. The van der Waals surface area contributed by atoms with E-state index < -0.39 is 6.94 Å². The monoisotopic (exact) mass is 206 g/mol. The predicted molar refractivity (Wildman–Crippen MR) is 44.6 cm³/mol. The van der Waals surface area contributed by atoms with Gasteiger partial charge in [0.2, 0.25) is 0 Å². The van der Waals surface area contributed by atoms with Gasteiger partial charge in [0.05, 0.1) is 0 Å². The highest BCUT2D eigenvalue weighted by Crippen LogP contribution is 2.22. The van der Waals surface area contributed by atoms with E-state index in [0.29, 0.717) is 11.9 Å². The molecule has 0 aromatic carbocycles. The zero-order valence-corrected chi connectivity index (χ0v) is 8.43. The topological polar surface area (TPSA) is 9.23 Å². The van der Waals surface area contributed by atoms with Crippen LogP contribution in [0.1, 0.15) is 6.42 Å². The van der Waals surface area contributed by atoms with Crippen molar-refractivity contribution in [2.24, 2.45) is 0 Å². The van der Waals surface area contributed by atoms with Crippen LogP contribution in [0.15, 0.2) is 0 Å². The SMILES string of the molecule is CO[Si](Cl)(Cl)CCCCl. The van der Waals surface area contributed by atoms with Crippen LogP contribution in [0.5, 0.6) is 0 Å². The predicted octanol–water partition coefficient (Wildman–Crippen LogP) is 2.68. The number of rotatable bonds is 4. The summed E-state index contributed by atoms with van der Waals surface area (Å²) in [5.41, 5.74) is 0. The second-order valence-electron chi connectivity index (χ2n) is 1.63. The third-order valence-electron chi connectivity index (χ3n) is 0.900. The second-order valence-corrected chi connectivity index (χ2v) is 8.44. The highest BCUT2D eigenvalue weighted by molar-refractivity contribution is 7.42. The van der Waals surface area contributed by atoms with E-state index >= 15 is 0 Å². The fourth-order valence-corrected chi connectivity index (χ4v) is 2.33. The van der Waals surface area contributed by atoms with Crippen molar-refractivity contribution in [1.29, 1.82) is 0 Å². The van der Waals surface area contributed by atoms with E-state index in [-0.39, 0.29) is 0 Å². The summed E-state index contributed by atoms with van der Waals surface area (Å²) in [7, 11) is 1.53. The van der Waals surface area contributed by atoms with Gasteiger partial charge in [-0.05, 0) is 12.5 Å². The molecule has 1 nitrogen and oxygen atoms in total. The molecule has 0 atom stereocenters. The van der Waals surface area contributed by atoms with Crippen LogP contribution in [0.25, 0.3) is 0 Å². The van der Waals surface area contributed by atoms with Crippen molar-refractivity contribution in [3.8, 4) is 0 Å². The molecule has 0 aromatic rings. The summed E-state index contributed by atoms with van der Waals surface area (Å²) in [6.07, 6.45) is 0.828. The Bertz CT molecular complexity index is 78.2. The van der Waals surface area contributed by atoms with Gasteiger partial charge in [-0.25, -0.2) is 0 Å². The van der Waals surface area contributed by atoms with Gasteiger partial charge < -0.3 is 4.43 Å². The van der Waals surface area contributed by atoms with Gasteiger partial charge in [-0.2, -0.15) is 0 Å². The van der Waals surface area contributed by atoms with Gasteiger partial charge in [0.1, 0.15) is 0 Å². The molecule has 0 fully saturated rings. The summed E-state index contributed by atoms with van der Waals surface area (Å²) in [4.78, 5) is 0. The average Bonchev–Trinajstić information content (AvgIpc) is 1.84. The maximum absolute atomic E-state index is 5.72. The number of halogens is 3. The number of hydrogen-bond acceptors (Lipinski definition) is 1. The van der Waals surface area contributed by atoms with Gasteiger partial charge in [-0.3, -0.25) is 0 Å². The van der Waals surface area contributed by atoms with Gasteiger partial charge in [0, 0.05) is 13.0 Å². The van der Waals surface area contributed by atoms with E-state index in [9.17, 15) is 0 Å². The van der Waals surface area contributed by atoms with Crippen LogP contribution in [0.3, 0.4) is 0 Å². The van der Waals surface area contributed by atoms with Gasteiger partial charge in [0.15, 0.2) is 0 Å². The minimum atomic E-state index is -2.34. The van der Waals surface area contributed by atoms with Crippen LogP contribution >= 0.6 is 33.8 Å². The Labute approximate surface area is 70.8 Å². The lowest BCUT2D eigenvalue weighted by Gasteiger charge is -2.11. The molecule has 0 aliphatic carbocycles. The maximum atomic E-state index is 5.72. The van der Waals surface area contributed by atoms with E-state index in [1.54, 1.807) is 0 Å². The van der Waals surface area contributed by atoms with Gasteiger partial charge in [-0.15, -0.1) is 33.8 Å². The lowest BCUT2D eigenvalue weighted by molar-refractivity contribution is 0.426. The molecule has 56 valence electrons. The molecule has 0 heterocycles. The van der Waals surface area contributed by atoms with Crippen molar-refractivity contribution >= 4 is 40.7 Å². The van der Waals surface area contributed by atoms with Crippen LogP contribution in [0.2, 0.25) is 6.04 Å². The molecular weight excluding hydrogens is 198 g/mol. The fraction of sp³-hybridized carbons (Fsp3) is 1.00. The minimum Gasteiger partial charge on any atom is -0.396 e. The zero-order chi connectivity index (χ0) is 7.33. The molecule has 0 aromatic heterocycles. The summed E-state index contributed by atoms with van der Waals surface area (Å²) < 4.78 is 4.85. The second kappa shape index (κ2) is 4.80. The van der Waals surface area contributed by atoms with Crippen molar-refractivity contribution in [1.82, 2.24) is 0 Å². The molecule has 0 amide bonds. The van der Waals surface area contributed by atoms with Gasteiger partial charge in [-0.1, -0.05) is 0 Å². The Morgan fingerprint density at radius 1 is 1.44 bits per heavy atom. The van der Waals surface area contributed by atoms with Crippen molar-refractivity contribution in [2.45, 2.75) is 12.5 Å². The van der Waals surface area contributed by atoms with E-state index in [0.717, 1.165) is 6.42 Å². The molecule has 0 rings (SSSR count). The molecule has 0 unspecified atom stereocenters. The molecule has 9 heavy (non-hydrogen) atoms. The molecular formula is C4H9Cl3OSi. The molecule has 0 aliphatic heterocycles. The van der Waals surface area contributed by atoms with E-state index in [4.69, 9.17) is 38.2 Å². The van der Waals surface area contributed by atoms with Crippen LogP contribution in [-0.2, 0) is 4.43 Å². The summed E-state index contributed by atoms with van der Waals surface area (Å²) in [6, 6.07) is 0.704. The molecule has 0 radical (unpaired) electrons. The third kappa shape index (κ3) is 5.49. The molecule has 0 spiro atoms. The summed E-state index contributed by atoms with van der Waals surface area (Å²) in [5, 5.41) is 0. The van der Waals surface area contributed by atoms with Crippen LogP contribution in [-0.4, -0.2) is 19.9 Å². The van der Waals surface area contributed by atoms with Crippen LogP contribution in [0, 0.1) is 0 Å². The smallest absolute Gasteiger partial charge is 0.389 e. The first-order chi connectivity index (χ1) is 4.12. The molecule has 5 heteroatoms. The normalized spacial score (nSPS) is 12.0. The van der Waals surface area contributed by atoms with Crippen LogP contribution in [0.4, 0.5) is 0 Å². The Balaban J connectivity index is 3.33. The molecule has 0 N–H and O–H groups in total. The van der Waals surface area contributed by atoms with Crippen molar-refractivity contribution in [2.75, 3.05) is 13.0 Å². The fourth-order valence-electron chi connectivity index (χ4n) is 0.375. The highest BCUT2D eigenvalue weighted by atomic mass is 35.7. The lowest BCUT2D eigenvalue weighted by Crippen LogP contribution is -2.21. The lowest BCUT2D eigenvalue weighted by atomic mass is 10.6. The van der Waals surface area contributed by atoms with E-state index in [1.165, 1.54) is 7.11 Å². The maximum Gasteiger partial charge on any atom is 0.389 e. The Morgan fingerprint density at radius 2 is 2.00 bits per heavy atom. The van der Waals surface area contributed by atoms with Crippen molar-refractivity contribution < 1.29 is 4.43 Å². The van der Waals surface area contributed by atoms with E-state index in [1.807, 2.05) is 0 Å². The summed E-state index contributed by atoms with van der Waals surface area (Å²) >= 11 is 16.9. The van der Waals surface area contributed by atoms with Crippen molar-refractivity contribution in [3.63, 3.8) is 0 Å².